The number of rotatable bonds is 4. The highest BCUT2D eigenvalue weighted by Gasteiger charge is 2.31. The maximum atomic E-state index is 13.4. The summed E-state index contributed by atoms with van der Waals surface area (Å²) in [5.41, 5.74) is 4.43. The molecule has 5 nitrogen and oxygen atoms in total. The first-order chi connectivity index (χ1) is 13.9. The van der Waals surface area contributed by atoms with E-state index in [0.717, 1.165) is 22.0 Å². The van der Waals surface area contributed by atoms with Gasteiger partial charge in [0.05, 0.1) is 17.3 Å². The van der Waals surface area contributed by atoms with Crippen molar-refractivity contribution in [2.75, 3.05) is 27.5 Å². The molecule has 4 rings (SSSR count). The largest absolute Gasteiger partial charge is 0.492 e. The number of carbonyl (C=O) groups excluding carboxylic acids is 1. The molecule has 0 aliphatic carbocycles. The van der Waals surface area contributed by atoms with Crippen molar-refractivity contribution in [1.82, 2.24) is 4.90 Å². The van der Waals surface area contributed by atoms with Crippen LogP contribution in [0, 0.1) is 0 Å². The molecule has 0 aromatic heterocycles. The van der Waals surface area contributed by atoms with Gasteiger partial charge < -0.3 is 19.1 Å². The normalized spacial score (nSPS) is 15.1. The first-order valence-electron chi connectivity index (χ1n) is 9.67. The molecule has 0 spiro atoms. The third-order valence-electron chi connectivity index (χ3n) is 5.52. The van der Waals surface area contributed by atoms with Gasteiger partial charge in [0.25, 0.3) is 0 Å². The number of ether oxygens (including phenoxy) is 3. The number of halogens is 1. The Labute approximate surface area is 179 Å². The van der Waals surface area contributed by atoms with Crippen LogP contribution >= 0.6 is 15.9 Å². The summed E-state index contributed by atoms with van der Waals surface area (Å²) < 4.78 is 17.8. The van der Waals surface area contributed by atoms with E-state index in [1.54, 1.807) is 7.11 Å². The Morgan fingerprint density at radius 1 is 1.17 bits per heavy atom. The Morgan fingerprint density at radius 2 is 1.86 bits per heavy atom. The summed E-state index contributed by atoms with van der Waals surface area (Å²) in [4.78, 5) is 15.4. The van der Waals surface area contributed by atoms with Gasteiger partial charge in [-0.2, -0.15) is 0 Å². The molecule has 0 fully saturated rings. The van der Waals surface area contributed by atoms with E-state index in [-0.39, 0.29) is 12.6 Å². The lowest BCUT2D eigenvalue weighted by molar-refractivity contribution is 0.100. The molecular weight excluding hydrogens is 434 g/mol. The molecule has 0 atom stereocenters. The van der Waals surface area contributed by atoms with E-state index >= 15 is 0 Å². The SMILES string of the molecule is COc1c2c(c(Br)c3c1OCO3)CCN(C)C(C(=O)c1ccc(C(C)C)cc1)=C2. The van der Waals surface area contributed by atoms with Crippen molar-refractivity contribution in [3.8, 4) is 17.2 Å². The number of fused-ring (bicyclic) bond motifs is 2. The van der Waals surface area contributed by atoms with Crippen LogP contribution < -0.4 is 14.2 Å². The number of benzene rings is 2. The highest BCUT2D eigenvalue weighted by atomic mass is 79.9. The molecule has 0 bridgehead atoms. The monoisotopic (exact) mass is 457 g/mol. The van der Waals surface area contributed by atoms with Crippen LogP contribution in [-0.2, 0) is 6.42 Å². The van der Waals surface area contributed by atoms with Crippen LogP contribution in [0.15, 0.2) is 34.4 Å². The standard InChI is InChI=1S/C23H24BrNO4/c1-13(2)14-5-7-15(8-6-14)20(26)18-11-17-16(9-10-25(18)3)19(24)22-23(21(17)27-4)29-12-28-22/h5-8,11,13H,9-10,12H2,1-4H3. The Balaban J connectivity index is 1.82. The molecule has 0 radical (unpaired) electrons. The number of hydrogen-bond acceptors (Lipinski definition) is 5. The molecule has 29 heavy (non-hydrogen) atoms. The molecule has 2 aliphatic rings. The third kappa shape index (κ3) is 3.39. The van der Waals surface area contributed by atoms with Gasteiger partial charge in [0.2, 0.25) is 18.3 Å². The van der Waals surface area contributed by atoms with Crippen molar-refractivity contribution in [3.63, 3.8) is 0 Å². The Bertz CT molecular complexity index is 995. The molecule has 0 N–H and O–H groups in total. The predicted molar refractivity (Wildman–Crippen MR) is 116 cm³/mol. The molecule has 0 saturated carbocycles. The van der Waals surface area contributed by atoms with E-state index < -0.39 is 0 Å². The van der Waals surface area contributed by atoms with E-state index in [2.05, 4.69) is 29.8 Å². The molecule has 0 unspecified atom stereocenters. The van der Waals surface area contributed by atoms with Crippen molar-refractivity contribution in [2.24, 2.45) is 0 Å². The van der Waals surface area contributed by atoms with Gasteiger partial charge in [-0.25, -0.2) is 0 Å². The van der Waals surface area contributed by atoms with Crippen LogP contribution in [0.2, 0.25) is 0 Å². The smallest absolute Gasteiger partial charge is 0.231 e. The van der Waals surface area contributed by atoms with Gasteiger partial charge in [-0.3, -0.25) is 4.79 Å². The third-order valence-corrected chi connectivity index (χ3v) is 6.36. The summed E-state index contributed by atoms with van der Waals surface area (Å²) in [5.74, 6) is 2.26. The zero-order valence-electron chi connectivity index (χ0n) is 17.0. The molecule has 0 amide bonds. The van der Waals surface area contributed by atoms with Gasteiger partial charge in [0.15, 0.2) is 11.5 Å². The molecule has 2 aliphatic heterocycles. The van der Waals surface area contributed by atoms with Gasteiger partial charge in [-0.15, -0.1) is 0 Å². The molecule has 2 aromatic carbocycles. The Morgan fingerprint density at radius 3 is 2.52 bits per heavy atom. The van der Waals surface area contributed by atoms with Gasteiger partial charge in [0.1, 0.15) is 0 Å². The van der Waals surface area contributed by atoms with E-state index in [9.17, 15) is 4.79 Å². The highest BCUT2D eigenvalue weighted by molar-refractivity contribution is 9.10. The first kappa shape index (κ1) is 19.8. The molecule has 152 valence electrons. The van der Waals surface area contributed by atoms with Crippen LogP contribution in [0.3, 0.4) is 0 Å². The summed E-state index contributed by atoms with van der Waals surface area (Å²) in [6, 6.07) is 7.87. The molecule has 2 heterocycles. The fourth-order valence-corrected chi connectivity index (χ4v) is 4.48. The molecule has 0 saturated heterocycles. The minimum Gasteiger partial charge on any atom is -0.492 e. The van der Waals surface area contributed by atoms with E-state index in [4.69, 9.17) is 14.2 Å². The lowest BCUT2D eigenvalue weighted by atomic mass is 9.98. The first-order valence-corrected chi connectivity index (χ1v) is 10.5. The van der Waals surface area contributed by atoms with Crippen LogP contribution in [0.4, 0.5) is 0 Å². The summed E-state index contributed by atoms with van der Waals surface area (Å²) in [7, 11) is 3.55. The van der Waals surface area contributed by atoms with Crippen LogP contribution in [0.5, 0.6) is 17.2 Å². The molecule has 2 aromatic rings. The Kier molecular flexibility index (Phi) is 5.30. The van der Waals surface area contributed by atoms with Crippen molar-refractivity contribution in [2.45, 2.75) is 26.2 Å². The number of ketones is 1. The second-order valence-corrected chi connectivity index (χ2v) is 8.40. The van der Waals surface area contributed by atoms with Crippen LogP contribution in [0.25, 0.3) is 6.08 Å². The van der Waals surface area contributed by atoms with Crippen molar-refractivity contribution >= 4 is 27.8 Å². The van der Waals surface area contributed by atoms with Gasteiger partial charge in [-0.05, 0) is 45.5 Å². The second kappa shape index (κ2) is 7.75. The predicted octanol–water partition coefficient (Wildman–Crippen LogP) is 5.02. The van der Waals surface area contributed by atoms with E-state index in [1.807, 2.05) is 42.3 Å². The summed E-state index contributed by atoms with van der Waals surface area (Å²) in [6.07, 6.45) is 2.66. The van der Waals surface area contributed by atoms with E-state index in [1.165, 1.54) is 5.56 Å². The Hall–Kier alpha value is -2.47. The minimum atomic E-state index is -0.00787. The summed E-state index contributed by atoms with van der Waals surface area (Å²) in [5, 5.41) is 0. The number of nitrogens with zero attached hydrogens (tertiary/aromatic N) is 1. The highest BCUT2D eigenvalue weighted by Crippen LogP contribution is 2.51. The van der Waals surface area contributed by atoms with Gasteiger partial charge in [-0.1, -0.05) is 38.1 Å². The maximum absolute atomic E-state index is 13.4. The topological polar surface area (TPSA) is 48.0 Å². The number of Topliss-reactive ketones (excluding diaryl/α,β-unsaturated/α-hetero) is 1. The quantitative estimate of drug-likeness (QED) is 0.603. The van der Waals surface area contributed by atoms with Crippen LogP contribution in [0.1, 0.15) is 46.8 Å². The lowest BCUT2D eigenvalue weighted by Crippen LogP contribution is -2.24. The van der Waals surface area contributed by atoms with Crippen molar-refractivity contribution < 1.29 is 19.0 Å². The molecule has 6 heteroatoms. The number of methoxy groups -OCH3 is 1. The average molecular weight is 458 g/mol. The zero-order valence-corrected chi connectivity index (χ0v) is 18.6. The fourth-order valence-electron chi connectivity index (χ4n) is 3.78. The second-order valence-electron chi connectivity index (χ2n) is 7.61. The number of carbonyl (C=O) groups is 1. The van der Waals surface area contributed by atoms with Gasteiger partial charge >= 0.3 is 0 Å². The van der Waals surface area contributed by atoms with Crippen molar-refractivity contribution in [3.05, 3.63) is 56.7 Å². The zero-order chi connectivity index (χ0) is 20.7. The summed E-state index contributed by atoms with van der Waals surface area (Å²) in [6.45, 7) is 5.15. The number of allylic oxidation sites excluding steroid dienone is 1. The fraction of sp³-hybridized carbons (Fsp3) is 0.348. The summed E-state index contributed by atoms with van der Waals surface area (Å²) >= 11 is 3.67. The minimum absolute atomic E-state index is 0.00787. The average Bonchev–Trinajstić information content (AvgIpc) is 3.14. The molecular formula is C23H24BrNO4. The van der Waals surface area contributed by atoms with Crippen LogP contribution in [-0.4, -0.2) is 38.2 Å². The van der Waals surface area contributed by atoms with Gasteiger partial charge in [0, 0.05) is 24.7 Å². The number of likely N-dealkylation sites (N-methyl/N-ethyl adjacent to an activating group) is 1. The van der Waals surface area contributed by atoms with Crippen molar-refractivity contribution in [1.29, 1.82) is 0 Å². The lowest BCUT2D eigenvalue weighted by Gasteiger charge is -2.20. The van der Waals surface area contributed by atoms with E-state index in [0.29, 0.717) is 41.0 Å². The maximum Gasteiger partial charge on any atom is 0.231 e. The number of hydrogen-bond donors (Lipinski definition) is 0.